The number of hydrogen-bond donors (Lipinski definition) is 2. The highest BCUT2D eigenvalue weighted by Gasteiger charge is 2.54. The Labute approximate surface area is 250 Å². The molecule has 2 aromatic carbocycles. The van der Waals surface area contributed by atoms with Crippen molar-refractivity contribution in [3.05, 3.63) is 106 Å². The molecule has 1 saturated heterocycles. The number of nitrogens with one attached hydrogen (secondary N) is 2. The summed E-state index contributed by atoms with van der Waals surface area (Å²) in [6.45, 7) is 1.72. The van der Waals surface area contributed by atoms with Gasteiger partial charge in [-0.05, 0) is 48.4 Å². The summed E-state index contributed by atoms with van der Waals surface area (Å²) < 4.78 is 34.2. The van der Waals surface area contributed by atoms with E-state index in [9.17, 15) is 22.8 Å². The molecule has 1 atom stereocenters. The average Bonchev–Trinajstić information content (AvgIpc) is 3.03. The maximum absolute atomic E-state index is 14.4. The van der Waals surface area contributed by atoms with E-state index in [1.807, 2.05) is 30.3 Å². The Balaban J connectivity index is 1.49. The zero-order valence-electron chi connectivity index (χ0n) is 23.9. The van der Waals surface area contributed by atoms with Crippen molar-refractivity contribution >= 4 is 32.6 Å². The Hall–Kier alpha value is -4.35. The van der Waals surface area contributed by atoms with E-state index in [4.69, 9.17) is 4.42 Å². The van der Waals surface area contributed by atoms with Gasteiger partial charge in [0.2, 0.25) is 14.7 Å². The summed E-state index contributed by atoms with van der Waals surface area (Å²) >= 11 is 0. The first-order valence-electron chi connectivity index (χ1n) is 14.3. The third-order valence-electron chi connectivity index (χ3n) is 7.64. The average molecular weight is 603 g/mol. The van der Waals surface area contributed by atoms with Crippen LogP contribution in [0.5, 0.6) is 0 Å². The van der Waals surface area contributed by atoms with Crippen molar-refractivity contribution in [1.29, 1.82) is 0 Å². The molecule has 4 aromatic rings. The third kappa shape index (κ3) is 6.23. The second-order valence-corrected chi connectivity index (χ2v) is 12.7. The molecule has 5 rings (SSSR count). The van der Waals surface area contributed by atoms with Crippen LogP contribution >= 0.6 is 0 Å². The molecule has 0 aliphatic carbocycles. The molecule has 2 amide bonds. The van der Waals surface area contributed by atoms with E-state index in [0.717, 1.165) is 24.8 Å². The van der Waals surface area contributed by atoms with E-state index in [1.165, 1.54) is 23.1 Å². The summed E-state index contributed by atoms with van der Waals surface area (Å²) in [4.78, 5) is 43.5. The second-order valence-electron chi connectivity index (χ2n) is 10.6. The number of aromatic nitrogens is 1. The van der Waals surface area contributed by atoms with Crippen LogP contribution in [0.15, 0.2) is 93.1 Å². The van der Waals surface area contributed by atoms with Crippen molar-refractivity contribution in [3.63, 3.8) is 0 Å². The predicted molar refractivity (Wildman–Crippen MR) is 162 cm³/mol. The van der Waals surface area contributed by atoms with Crippen LogP contribution in [0.25, 0.3) is 10.9 Å². The number of unbranched alkanes of at least 4 members (excludes halogenated alkanes) is 2. The molecule has 1 aliphatic rings. The number of amides is 2. The molecule has 224 valence electrons. The summed E-state index contributed by atoms with van der Waals surface area (Å²) in [5, 5.41) is 6.27. The maximum atomic E-state index is 14.4. The van der Waals surface area contributed by atoms with E-state index in [-0.39, 0.29) is 30.1 Å². The number of hydrogen-bond acceptors (Lipinski definition) is 8. The van der Waals surface area contributed by atoms with Crippen LogP contribution < -0.4 is 16.3 Å². The Morgan fingerprint density at radius 1 is 1.05 bits per heavy atom. The largest absolute Gasteiger partial charge is 0.427 e. The number of benzene rings is 2. The highest BCUT2D eigenvalue weighted by Crippen LogP contribution is 2.30. The van der Waals surface area contributed by atoms with E-state index < -0.39 is 38.7 Å². The van der Waals surface area contributed by atoms with Crippen molar-refractivity contribution in [2.45, 2.75) is 48.9 Å². The van der Waals surface area contributed by atoms with Gasteiger partial charge >= 0.3 is 5.63 Å². The Morgan fingerprint density at radius 2 is 1.86 bits per heavy atom. The van der Waals surface area contributed by atoms with Crippen LogP contribution in [-0.4, -0.2) is 54.6 Å². The molecule has 0 radical (unpaired) electrons. The smallest absolute Gasteiger partial charge is 0.348 e. The Morgan fingerprint density at radius 3 is 2.63 bits per heavy atom. The van der Waals surface area contributed by atoms with Gasteiger partial charge in [0.05, 0.1) is 17.0 Å². The van der Waals surface area contributed by atoms with Gasteiger partial charge in [0.25, 0.3) is 11.8 Å². The molecular weight excluding hydrogens is 568 g/mol. The normalized spacial score (nSPS) is 17.1. The SMILES string of the molecule is CCCCCc1ccc(C(=O)N2CCNC(C(=O)NCc3ccccc3)(S(=O)(=O)c3ccc4ncccc4c3)C2)c(=O)o1. The highest BCUT2D eigenvalue weighted by molar-refractivity contribution is 7.93. The maximum Gasteiger partial charge on any atom is 0.348 e. The Kier molecular flexibility index (Phi) is 9.02. The van der Waals surface area contributed by atoms with Gasteiger partial charge in [-0.2, -0.15) is 0 Å². The first kappa shape index (κ1) is 30.1. The van der Waals surface area contributed by atoms with Crippen LogP contribution in [0.2, 0.25) is 0 Å². The minimum absolute atomic E-state index is 0.000696. The minimum Gasteiger partial charge on any atom is -0.427 e. The standard InChI is InChI=1S/C32H34N4O6S/c1-2-3-5-12-25-13-15-27(30(38)42-25)29(37)36-19-18-35-32(22-36,31(39)34-21-23-9-6-4-7-10-23)43(40,41)26-14-16-28-24(20-26)11-8-17-33-28/h4,6-11,13-17,20,35H,2-3,5,12,18-19,21-22H2,1H3,(H,34,39). The fraction of sp³-hybridized carbons (Fsp3) is 0.312. The number of sulfone groups is 1. The quantitative estimate of drug-likeness (QED) is 0.263. The van der Waals surface area contributed by atoms with Crippen molar-refractivity contribution in [3.8, 4) is 0 Å². The number of aryl methyl sites for hydroxylation is 1. The number of pyridine rings is 1. The molecule has 10 nitrogen and oxygen atoms in total. The van der Waals surface area contributed by atoms with Gasteiger partial charge in [-0.1, -0.05) is 56.2 Å². The Bertz CT molecular complexity index is 1790. The summed E-state index contributed by atoms with van der Waals surface area (Å²) in [6, 6.07) is 20.0. The molecular formula is C32H34N4O6S. The molecule has 0 bridgehead atoms. The number of carbonyl (C=O) groups excluding carboxylic acids is 2. The molecule has 11 heteroatoms. The van der Waals surface area contributed by atoms with E-state index in [0.29, 0.717) is 23.1 Å². The molecule has 1 unspecified atom stereocenters. The highest BCUT2D eigenvalue weighted by atomic mass is 32.2. The lowest BCUT2D eigenvalue weighted by Crippen LogP contribution is -2.71. The summed E-state index contributed by atoms with van der Waals surface area (Å²) in [7, 11) is -4.44. The summed E-state index contributed by atoms with van der Waals surface area (Å²) in [5.74, 6) is -1.02. The number of rotatable bonds is 10. The van der Waals surface area contributed by atoms with Crippen LogP contribution in [0.3, 0.4) is 0 Å². The number of carbonyl (C=O) groups is 2. The van der Waals surface area contributed by atoms with Gasteiger partial charge in [-0.25, -0.2) is 13.2 Å². The molecule has 1 aliphatic heterocycles. The van der Waals surface area contributed by atoms with E-state index >= 15 is 0 Å². The van der Waals surface area contributed by atoms with Crippen molar-refractivity contribution in [2.24, 2.45) is 0 Å². The van der Waals surface area contributed by atoms with E-state index in [2.05, 4.69) is 22.5 Å². The van der Waals surface area contributed by atoms with Gasteiger partial charge in [0, 0.05) is 37.6 Å². The molecule has 2 aromatic heterocycles. The van der Waals surface area contributed by atoms with Gasteiger partial charge < -0.3 is 14.6 Å². The van der Waals surface area contributed by atoms with Crippen LogP contribution in [0.1, 0.15) is 47.9 Å². The van der Waals surface area contributed by atoms with Gasteiger partial charge in [-0.15, -0.1) is 0 Å². The minimum atomic E-state index is -4.44. The second kappa shape index (κ2) is 12.9. The number of fused-ring (bicyclic) bond motifs is 1. The van der Waals surface area contributed by atoms with Crippen LogP contribution in [0.4, 0.5) is 0 Å². The van der Waals surface area contributed by atoms with Gasteiger partial charge in [0.15, 0.2) is 0 Å². The van der Waals surface area contributed by atoms with Crippen LogP contribution in [0, 0.1) is 0 Å². The molecule has 0 saturated carbocycles. The summed E-state index contributed by atoms with van der Waals surface area (Å²) in [6.07, 6.45) is 5.05. The fourth-order valence-corrected chi connectivity index (χ4v) is 7.10. The molecule has 43 heavy (non-hydrogen) atoms. The first-order chi connectivity index (χ1) is 20.7. The van der Waals surface area contributed by atoms with Crippen molar-refractivity contribution in [2.75, 3.05) is 19.6 Å². The molecule has 0 spiro atoms. The first-order valence-corrected chi connectivity index (χ1v) is 15.8. The monoisotopic (exact) mass is 602 g/mol. The third-order valence-corrected chi connectivity index (χ3v) is 9.89. The predicted octanol–water partition coefficient (Wildman–Crippen LogP) is 3.45. The fourth-order valence-electron chi connectivity index (χ4n) is 5.23. The lowest BCUT2D eigenvalue weighted by atomic mass is 10.1. The van der Waals surface area contributed by atoms with Gasteiger partial charge in [-0.3, -0.25) is 19.9 Å². The summed E-state index contributed by atoms with van der Waals surface area (Å²) in [5.41, 5.74) is 0.373. The number of piperazine rings is 1. The van der Waals surface area contributed by atoms with Crippen molar-refractivity contribution in [1.82, 2.24) is 20.5 Å². The van der Waals surface area contributed by atoms with Crippen LogP contribution in [-0.2, 0) is 27.6 Å². The van der Waals surface area contributed by atoms with E-state index in [1.54, 1.807) is 30.5 Å². The molecule has 3 heterocycles. The molecule has 2 N–H and O–H groups in total. The van der Waals surface area contributed by atoms with Gasteiger partial charge in [0.1, 0.15) is 11.3 Å². The zero-order chi connectivity index (χ0) is 30.5. The lowest BCUT2D eigenvalue weighted by molar-refractivity contribution is -0.125. The molecule has 1 fully saturated rings. The van der Waals surface area contributed by atoms with Crippen molar-refractivity contribution < 1.29 is 22.4 Å². The number of nitrogens with zero attached hydrogens (tertiary/aromatic N) is 2. The topological polar surface area (TPSA) is 139 Å². The lowest BCUT2D eigenvalue weighted by Gasteiger charge is -2.41. The zero-order valence-corrected chi connectivity index (χ0v) is 24.7.